The molecule has 0 saturated heterocycles. The van der Waals surface area contributed by atoms with Crippen LogP contribution in [0.3, 0.4) is 0 Å². The lowest BCUT2D eigenvalue weighted by atomic mass is 10.3. The van der Waals surface area contributed by atoms with Crippen molar-refractivity contribution in [2.24, 2.45) is 7.05 Å². The smallest absolute Gasteiger partial charge is 0.345 e. The van der Waals surface area contributed by atoms with E-state index in [1.54, 1.807) is 19.2 Å². The topological polar surface area (TPSA) is 78.7 Å². The third-order valence-electron chi connectivity index (χ3n) is 2.13. The van der Waals surface area contributed by atoms with Gasteiger partial charge in [-0.3, -0.25) is 4.57 Å². The van der Waals surface area contributed by atoms with Gasteiger partial charge in [-0.05, 0) is 12.1 Å². The normalized spacial score (nSPS) is 10.6. The lowest BCUT2D eigenvalue weighted by molar-refractivity contribution is 0.636. The number of rotatable bonds is 2. The highest BCUT2D eigenvalue weighted by molar-refractivity contribution is 6.31. The predicted molar refractivity (Wildman–Crippen MR) is 60.2 cm³/mol. The molecule has 0 unspecified atom stereocenters. The van der Waals surface area contributed by atoms with Crippen LogP contribution in [-0.2, 0) is 13.6 Å². The second-order valence-electron chi connectivity index (χ2n) is 3.35. The van der Waals surface area contributed by atoms with Gasteiger partial charge >= 0.3 is 5.69 Å². The van der Waals surface area contributed by atoms with Gasteiger partial charge in [0.1, 0.15) is 12.1 Å². The van der Waals surface area contributed by atoms with Gasteiger partial charge in [-0.25, -0.2) is 14.5 Å². The summed E-state index contributed by atoms with van der Waals surface area (Å²) in [6, 6.07) is 3.25. The van der Waals surface area contributed by atoms with Gasteiger partial charge in [-0.2, -0.15) is 5.10 Å². The van der Waals surface area contributed by atoms with E-state index < -0.39 is 0 Å². The standard InChI is InChI=1S/C9H10ClN5O/c1-14-5-12-15(9(14)16)4-7-6(10)2-3-8(11)13-7/h2-3,5H,4H2,1H3,(H2,11,13). The predicted octanol–water partition coefficient (Wildman–Crippen LogP) is 0.261. The lowest BCUT2D eigenvalue weighted by Gasteiger charge is -2.03. The molecule has 2 rings (SSSR count). The summed E-state index contributed by atoms with van der Waals surface area (Å²) in [5, 5.41) is 4.37. The maximum absolute atomic E-state index is 11.5. The van der Waals surface area contributed by atoms with Crippen molar-refractivity contribution in [2.75, 3.05) is 5.73 Å². The second kappa shape index (κ2) is 3.97. The molecule has 84 valence electrons. The molecule has 0 aliphatic rings. The number of hydrogen-bond donors (Lipinski definition) is 1. The van der Waals surface area contributed by atoms with Crippen LogP contribution >= 0.6 is 11.6 Å². The second-order valence-corrected chi connectivity index (χ2v) is 3.75. The Balaban J connectivity index is 2.37. The highest BCUT2D eigenvalue weighted by Gasteiger charge is 2.07. The molecule has 0 aliphatic heterocycles. The molecule has 16 heavy (non-hydrogen) atoms. The van der Waals surface area contributed by atoms with Crippen molar-refractivity contribution in [3.05, 3.63) is 39.7 Å². The van der Waals surface area contributed by atoms with Crippen molar-refractivity contribution in [3.63, 3.8) is 0 Å². The Kier molecular flexibility index (Phi) is 2.66. The number of halogens is 1. The number of aryl methyl sites for hydroxylation is 1. The SMILES string of the molecule is Cn1cnn(Cc2nc(N)ccc2Cl)c1=O. The maximum Gasteiger partial charge on any atom is 0.345 e. The van der Waals surface area contributed by atoms with Gasteiger partial charge in [-0.15, -0.1) is 0 Å². The van der Waals surface area contributed by atoms with Gasteiger partial charge in [0, 0.05) is 7.05 Å². The van der Waals surface area contributed by atoms with Gasteiger partial charge in [0.15, 0.2) is 0 Å². The third kappa shape index (κ3) is 1.92. The lowest BCUT2D eigenvalue weighted by Crippen LogP contribution is -2.24. The Hall–Kier alpha value is -1.82. The largest absolute Gasteiger partial charge is 0.384 e. The number of nitrogens with two attached hydrogens (primary N) is 1. The van der Waals surface area contributed by atoms with Crippen LogP contribution in [-0.4, -0.2) is 19.3 Å². The van der Waals surface area contributed by atoms with E-state index in [4.69, 9.17) is 17.3 Å². The van der Waals surface area contributed by atoms with E-state index in [-0.39, 0.29) is 12.2 Å². The molecule has 2 aromatic heterocycles. The number of anilines is 1. The van der Waals surface area contributed by atoms with Crippen molar-refractivity contribution in [2.45, 2.75) is 6.54 Å². The van der Waals surface area contributed by atoms with Gasteiger partial charge in [0.2, 0.25) is 0 Å². The molecule has 0 atom stereocenters. The summed E-state index contributed by atoms with van der Waals surface area (Å²) in [6.45, 7) is 0.212. The molecule has 0 fully saturated rings. The Bertz CT molecular complexity index is 574. The molecule has 0 saturated carbocycles. The van der Waals surface area contributed by atoms with E-state index >= 15 is 0 Å². The number of aromatic nitrogens is 4. The Morgan fingerprint density at radius 2 is 2.25 bits per heavy atom. The quantitative estimate of drug-likeness (QED) is 0.816. The Morgan fingerprint density at radius 1 is 1.50 bits per heavy atom. The number of nitrogens with zero attached hydrogens (tertiary/aromatic N) is 4. The summed E-state index contributed by atoms with van der Waals surface area (Å²) >= 11 is 5.94. The van der Waals surface area contributed by atoms with E-state index in [1.807, 2.05) is 0 Å². The van der Waals surface area contributed by atoms with Crippen LogP contribution in [0.2, 0.25) is 5.02 Å². The van der Waals surface area contributed by atoms with Crippen LogP contribution in [0.15, 0.2) is 23.3 Å². The van der Waals surface area contributed by atoms with E-state index in [1.165, 1.54) is 15.6 Å². The number of nitrogen functional groups attached to an aromatic ring is 1. The molecule has 0 amide bonds. The first-order chi connectivity index (χ1) is 7.58. The van der Waals surface area contributed by atoms with Gasteiger partial charge < -0.3 is 5.73 Å². The summed E-state index contributed by atoms with van der Waals surface area (Å²) in [5.74, 6) is 0.364. The number of pyridine rings is 1. The van der Waals surface area contributed by atoms with Crippen LogP contribution in [0.1, 0.15) is 5.69 Å². The van der Waals surface area contributed by atoms with Crippen LogP contribution in [0.4, 0.5) is 5.82 Å². The number of hydrogen-bond acceptors (Lipinski definition) is 4. The molecule has 0 bridgehead atoms. The molecule has 0 aliphatic carbocycles. The van der Waals surface area contributed by atoms with Gasteiger partial charge in [0.25, 0.3) is 0 Å². The molecule has 2 N–H and O–H groups in total. The van der Waals surface area contributed by atoms with E-state index in [0.29, 0.717) is 16.5 Å². The summed E-state index contributed by atoms with van der Waals surface area (Å²) in [6.07, 6.45) is 1.43. The maximum atomic E-state index is 11.5. The minimum Gasteiger partial charge on any atom is -0.384 e. The molecule has 0 spiro atoms. The third-order valence-corrected chi connectivity index (χ3v) is 2.47. The summed E-state index contributed by atoms with van der Waals surface area (Å²) < 4.78 is 2.65. The van der Waals surface area contributed by atoms with Crippen molar-refractivity contribution in [1.29, 1.82) is 0 Å². The van der Waals surface area contributed by atoms with Gasteiger partial charge in [0.05, 0.1) is 17.3 Å². The fraction of sp³-hybridized carbons (Fsp3) is 0.222. The fourth-order valence-corrected chi connectivity index (χ4v) is 1.45. The van der Waals surface area contributed by atoms with Crippen LogP contribution in [0, 0.1) is 0 Å². The average molecular weight is 240 g/mol. The molecule has 7 heteroatoms. The first-order valence-electron chi connectivity index (χ1n) is 4.57. The minimum absolute atomic E-state index is 0.212. The molecular formula is C9H10ClN5O. The fourth-order valence-electron chi connectivity index (χ4n) is 1.28. The van der Waals surface area contributed by atoms with Crippen LogP contribution in [0.25, 0.3) is 0 Å². The summed E-state index contributed by atoms with van der Waals surface area (Å²) in [7, 11) is 1.63. The summed E-state index contributed by atoms with van der Waals surface area (Å²) in [4.78, 5) is 15.6. The van der Waals surface area contributed by atoms with E-state index in [0.717, 1.165) is 0 Å². The van der Waals surface area contributed by atoms with Crippen LogP contribution < -0.4 is 11.4 Å². The minimum atomic E-state index is -0.222. The monoisotopic (exact) mass is 239 g/mol. The molecular weight excluding hydrogens is 230 g/mol. The van der Waals surface area contributed by atoms with E-state index in [2.05, 4.69) is 10.1 Å². The van der Waals surface area contributed by atoms with Gasteiger partial charge in [-0.1, -0.05) is 11.6 Å². The first-order valence-corrected chi connectivity index (χ1v) is 4.95. The Morgan fingerprint density at radius 3 is 2.88 bits per heavy atom. The Labute approximate surface area is 96.3 Å². The molecule has 2 aromatic rings. The zero-order valence-electron chi connectivity index (χ0n) is 8.59. The van der Waals surface area contributed by atoms with Crippen molar-refractivity contribution < 1.29 is 0 Å². The van der Waals surface area contributed by atoms with Crippen LogP contribution in [0.5, 0.6) is 0 Å². The molecule has 0 radical (unpaired) electrons. The molecule has 6 nitrogen and oxygen atoms in total. The molecule has 2 heterocycles. The van der Waals surface area contributed by atoms with Crippen molar-refractivity contribution in [3.8, 4) is 0 Å². The molecule has 0 aromatic carbocycles. The van der Waals surface area contributed by atoms with E-state index in [9.17, 15) is 4.79 Å². The zero-order chi connectivity index (χ0) is 11.7. The zero-order valence-corrected chi connectivity index (χ0v) is 9.35. The van der Waals surface area contributed by atoms with Crippen molar-refractivity contribution in [1.82, 2.24) is 19.3 Å². The highest BCUT2D eigenvalue weighted by Crippen LogP contribution is 2.15. The average Bonchev–Trinajstić information content (AvgIpc) is 2.55. The summed E-state index contributed by atoms with van der Waals surface area (Å²) in [5.41, 5.74) is 5.85. The first kappa shape index (κ1) is 10.7. The highest BCUT2D eigenvalue weighted by atomic mass is 35.5. The van der Waals surface area contributed by atoms with Crippen molar-refractivity contribution >= 4 is 17.4 Å².